The van der Waals surface area contributed by atoms with Crippen molar-refractivity contribution >= 4 is 17.7 Å². The van der Waals surface area contributed by atoms with Gasteiger partial charge in [0.05, 0.1) is 23.5 Å². The van der Waals surface area contributed by atoms with Crippen LogP contribution in [0.1, 0.15) is 13.8 Å². The van der Waals surface area contributed by atoms with E-state index in [-0.39, 0.29) is 23.9 Å². The van der Waals surface area contributed by atoms with Gasteiger partial charge >= 0.3 is 0 Å². The van der Waals surface area contributed by atoms with E-state index in [1.54, 1.807) is 18.5 Å². The summed E-state index contributed by atoms with van der Waals surface area (Å²) < 4.78 is 11.2. The summed E-state index contributed by atoms with van der Waals surface area (Å²) in [5, 5.41) is 8.32. The van der Waals surface area contributed by atoms with Gasteiger partial charge in [-0.2, -0.15) is 0 Å². The molecule has 0 aliphatic carbocycles. The minimum absolute atomic E-state index is 0.0538. The van der Waals surface area contributed by atoms with E-state index in [0.717, 1.165) is 5.56 Å². The van der Waals surface area contributed by atoms with Crippen molar-refractivity contribution in [2.45, 2.75) is 31.3 Å². The summed E-state index contributed by atoms with van der Waals surface area (Å²) in [6, 6.07) is 3.65. The second kappa shape index (κ2) is 7.10. The van der Waals surface area contributed by atoms with Gasteiger partial charge in [-0.25, -0.2) is 0 Å². The van der Waals surface area contributed by atoms with Gasteiger partial charge in [0, 0.05) is 25.5 Å². The molecule has 2 aromatic rings. The predicted octanol–water partition coefficient (Wildman–Crippen LogP) is 1.86. The third-order valence-corrected chi connectivity index (χ3v) is 4.21. The van der Waals surface area contributed by atoms with Crippen molar-refractivity contribution in [3.8, 4) is 11.5 Å². The number of pyridine rings is 1. The number of carbonyl (C=O) groups is 1. The highest BCUT2D eigenvalue weighted by atomic mass is 32.2. The highest BCUT2D eigenvalue weighted by molar-refractivity contribution is 7.99. The second-order valence-corrected chi connectivity index (χ2v) is 6.39. The minimum Gasteiger partial charge on any atom is -0.411 e. The van der Waals surface area contributed by atoms with Gasteiger partial charge in [-0.15, -0.1) is 10.2 Å². The van der Waals surface area contributed by atoms with Crippen molar-refractivity contribution in [3.63, 3.8) is 0 Å². The third-order valence-electron chi connectivity index (χ3n) is 3.41. The smallest absolute Gasteiger partial charge is 0.277 e. The molecule has 0 aromatic carbocycles. The molecule has 3 rings (SSSR count). The molecule has 0 radical (unpaired) electrons. The lowest BCUT2D eigenvalue weighted by Crippen LogP contribution is -2.48. The molecule has 3 heterocycles. The number of ether oxygens (including phenoxy) is 1. The van der Waals surface area contributed by atoms with E-state index < -0.39 is 0 Å². The van der Waals surface area contributed by atoms with Crippen LogP contribution in [0.3, 0.4) is 0 Å². The molecule has 0 N–H and O–H groups in total. The van der Waals surface area contributed by atoms with Gasteiger partial charge in [0.15, 0.2) is 0 Å². The van der Waals surface area contributed by atoms with Crippen LogP contribution >= 0.6 is 11.8 Å². The molecule has 23 heavy (non-hydrogen) atoms. The Kier molecular flexibility index (Phi) is 4.92. The number of hydrogen-bond donors (Lipinski definition) is 0. The molecule has 1 aliphatic rings. The van der Waals surface area contributed by atoms with Gasteiger partial charge in [-0.1, -0.05) is 11.8 Å². The fourth-order valence-corrected chi connectivity index (χ4v) is 3.14. The maximum absolute atomic E-state index is 12.3. The molecule has 7 nitrogen and oxygen atoms in total. The van der Waals surface area contributed by atoms with Crippen LogP contribution in [-0.4, -0.2) is 57.0 Å². The second-order valence-electron chi connectivity index (χ2n) is 5.46. The average Bonchev–Trinajstić information content (AvgIpc) is 3.01. The topological polar surface area (TPSA) is 81.4 Å². The Morgan fingerprint density at radius 2 is 2.13 bits per heavy atom. The van der Waals surface area contributed by atoms with Crippen LogP contribution in [0.2, 0.25) is 0 Å². The molecule has 0 spiro atoms. The highest BCUT2D eigenvalue weighted by Crippen LogP contribution is 2.23. The number of carbonyl (C=O) groups excluding carboxylic acids is 1. The summed E-state index contributed by atoms with van der Waals surface area (Å²) >= 11 is 1.25. The maximum atomic E-state index is 12.3. The summed E-state index contributed by atoms with van der Waals surface area (Å²) in [6.45, 7) is 5.19. The average molecular weight is 334 g/mol. The summed E-state index contributed by atoms with van der Waals surface area (Å²) in [6.07, 6.45) is 3.46. The quantitative estimate of drug-likeness (QED) is 0.789. The van der Waals surface area contributed by atoms with Crippen LogP contribution in [-0.2, 0) is 9.53 Å². The van der Waals surface area contributed by atoms with Crippen LogP contribution in [0.5, 0.6) is 0 Å². The molecule has 1 fully saturated rings. The van der Waals surface area contributed by atoms with Crippen LogP contribution < -0.4 is 0 Å². The van der Waals surface area contributed by atoms with Crippen molar-refractivity contribution in [1.82, 2.24) is 20.1 Å². The SMILES string of the molecule is C[C@@H]1CN(C(=O)CSc2nnc(-c3cccnc3)o2)C[C@H](C)O1. The number of amides is 1. The first-order valence-corrected chi connectivity index (χ1v) is 8.40. The van der Waals surface area contributed by atoms with E-state index in [1.807, 2.05) is 24.8 Å². The molecule has 8 heteroatoms. The summed E-state index contributed by atoms with van der Waals surface area (Å²) in [4.78, 5) is 18.1. The van der Waals surface area contributed by atoms with Crippen LogP contribution in [0.25, 0.3) is 11.5 Å². The Bertz CT molecular complexity index is 654. The number of thioether (sulfide) groups is 1. The molecule has 2 atom stereocenters. The zero-order chi connectivity index (χ0) is 16.2. The van der Waals surface area contributed by atoms with E-state index in [0.29, 0.717) is 24.2 Å². The number of nitrogens with zero attached hydrogens (tertiary/aromatic N) is 4. The first kappa shape index (κ1) is 15.9. The van der Waals surface area contributed by atoms with Gasteiger partial charge < -0.3 is 14.1 Å². The molecule has 1 aliphatic heterocycles. The monoisotopic (exact) mass is 334 g/mol. The lowest BCUT2D eigenvalue weighted by atomic mass is 10.2. The van der Waals surface area contributed by atoms with Crippen molar-refractivity contribution in [2.24, 2.45) is 0 Å². The highest BCUT2D eigenvalue weighted by Gasteiger charge is 2.26. The van der Waals surface area contributed by atoms with Crippen LogP contribution in [0.15, 0.2) is 34.2 Å². The molecule has 2 aromatic heterocycles. The van der Waals surface area contributed by atoms with Crippen molar-refractivity contribution in [1.29, 1.82) is 0 Å². The predicted molar refractivity (Wildman–Crippen MR) is 84.8 cm³/mol. The van der Waals surface area contributed by atoms with E-state index in [2.05, 4.69) is 15.2 Å². The zero-order valence-electron chi connectivity index (χ0n) is 13.0. The lowest BCUT2D eigenvalue weighted by Gasteiger charge is -2.35. The van der Waals surface area contributed by atoms with Crippen molar-refractivity contribution in [3.05, 3.63) is 24.5 Å². The first-order valence-electron chi connectivity index (χ1n) is 7.42. The molecular formula is C15H18N4O3S. The third kappa shape index (κ3) is 4.08. The van der Waals surface area contributed by atoms with E-state index >= 15 is 0 Å². The largest absolute Gasteiger partial charge is 0.411 e. The lowest BCUT2D eigenvalue weighted by molar-refractivity contribution is -0.140. The van der Waals surface area contributed by atoms with Crippen LogP contribution in [0.4, 0.5) is 0 Å². The number of morpholine rings is 1. The van der Waals surface area contributed by atoms with Gasteiger partial charge in [0.25, 0.3) is 5.22 Å². The van der Waals surface area contributed by atoms with Gasteiger partial charge in [0.1, 0.15) is 0 Å². The fourth-order valence-electron chi connectivity index (χ4n) is 2.47. The van der Waals surface area contributed by atoms with E-state index in [1.165, 1.54) is 11.8 Å². The Hall–Kier alpha value is -1.93. The van der Waals surface area contributed by atoms with Gasteiger partial charge in [0.2, 0.25) is 11.8 Å². The zero-order valence-corrected chi connectivity index (χ0v) is 13.8. The van der Waals surface area contributed by atoms with E-state index in [4.69, 9.17) is 9.15 Å². The molecule has 0 bridgehead atoms. The summed E-state index contributed by atoms with van der Waals surface area (Å²) in [5.41, 5.74) is 0.758. The Balaban J connectivity index is 1.56. The van der Waals surface area contributed by atoms with Crippen molar-refractivity contribution in [2.75, 3.05) is 18.8 Å². The number of aromatic nitrogens is 3. The van der Waals surface area contributed by atoms with Gasteiger partial charge in [-0.05, 0) is 26.0 Å². The molecule has 122 valence electrons. The van der Waals surface area contributed by atoms with Crippen molar-refractivity contribution < 1.29 is 13.9 Å². The summed E-state index contributed by atoms with van der Waals surface area (Å²) in [7, 11) is 0. The minimum atomic E-state index is 0.0538. The number of rotatable bonds is 4. The molecule has 1 amide bonds. The Morgan fingerprint density at radius 3 is 2.83 bits per heavy atom. The normalized spacial score (nSPS) is 21.4. The maximum Gasteiger partial charge on any atom is 0.277 e. The summed E-state index contributed by atoms with van der Waals surface area (Å²) in [5.74, 6) is 0.730. The van der Waals surface area contributed by atoms with E-state index in [9.17, 15) is 4.79 Å². The molecule has 0 unspecified atom stereocenters. The fraction of sp³-hybridized carbons (Fsp3) is 0.467. The molecular weight excluding hydrogens is 316 g/mol. The number of hydrogen-bond acceptors (Lipinski definition) is 7. The molecule has 0 saturated carbocycles. The Labute approximate surface area is 138 Å². The first-order chi connectivity index (χ1) is 11.1. The molecule has 1 saturated heterocycles. The van der Waals surface area contributed by atoms with Gasteiger partial charge in [-0.3, -0.25) is 9.78 Å². The Morgan fingerprint density at radius 1 is 1.35 bits per heavy atom. The van der Waals surface area contributed by atoms with Crippen LogP contribution in [0, 0.1) is 0 Å². The standard InChI is InChI=1S/C15H18N4O3S/c1-10-7-19(8-11(2)21-10)13(20)9-23-15-18-17-14(22-15)12-4-3-5-16-6-12/h3-6,10-11H,7-9H2,1-2H3/t10-,11+.